The van der Waals surface area contributed by atoms with Crippen LogP contribution in [0.15, 0.2) is 56.4 Å². The summed E-state index contributed by atoms with van der Waals surface area (Å²) in [5, 5.41) is 14.2. The summed E-state index contributed by atoms with van der Waals surface area (Å²) < 4.78 is 10.8. The van der Waals surface area contributed by atoms with Crippen LogP contribution in [0.3, 0.4) is 0 Å². The quantitative estimate of drug-likeness (QED) is 0.607. The molecule has 0 amide bonds. The Kier molecular flexibility index (Phi) is 6.01. The molecule has 0 saturated heterocycles. The number of ether oxygens (including phenoxy) is 1. The van der Waals surface area contributed by atoms with Crippen molar-refractivity contribution < 1.29 is 19.1 Å². The van der Waals surface area contributed by atoms with Crippen LogP contribution in [0.2, 0.25) is 0 Å². The Morgan fingerprint density at radius 2 is 2.10 bits per heavy atom. The van der Waals surface area contributed by atoms with Crippen LogP contribution >= 0.6 is 11.3 Å². The Morgan fingerprint density at radius 1 is 1.30 bits per heavy atom. The van der Waals surface area contributed by atoms with Crippen LogP contribution in [0.5, 0.6) is 5.75 Å². The number of hydrogen-bond acceptors (Lipinski definition) is 7. The van der Waals surface area contributed by atoms with Crippen LogP contribution in [-0.2, 0) is 29.0 Å². The summed E-state index contributed by atoms with van der Waals surface area (Å²) in [6.45, 7) is 2.07. The van der Waals surface area contributed by atoms with E-state index in [0.29, 0.717) is 12.3 Å². The molecule has 0 radical (unpaired) electrons. The second kappa shape index (κ2) is 8.85. The Labute approximate surface area is 178 Å². The van der Waals surface area contributed by atoms with Crippen molar-refractivity contribution in [3.63, 3.8) is 0 Å². The van der Waals surface area contributed by atoms with Gasteiger partial charge in [-0.2, -0.15) is 11.3 Å². The standard InChI is InChI=1S/C23H23NO5S/c1-28-21(26)11-19(17-7-9-30-14-17)23-22(27)20(25)10-18(29-23)13-24-8-6-15-4-2-3-5-16(15)12-24/h2-5,7,9-10,14,19,27H,6,8,11-13H2,1H3/t19-/m1/s1. The van der Waals surface area contributed by atoms with Crippen LogP contribution in [0.4, 0.5) is 0 Å². The molecule has 156 valence electrons. The van der Waals surface area contributed by atoms with Gasteiger partial charge in [-0.05, 0) is 39.9 Å². The minimum absolute atomic E-state index is 0.0235. The van der Waals surface area contributed by atoms with E-state index in [4.69, 9.17) is 9.15 Å². The summed E-state index contributed by atoms with van der Waals surface area (Å²) in [6.07, 6.45) is 0.912. The van der Waals surface area contributed by atoms with Crippen LogP contribution < -0.4 is 5.43 Å². The molecule has 0 unspecified atom stereocenters. The smallest absolute Gasteiger partial charge is 0.306 e. The Bertz CT molecular complexity index is 1090. The molecule has 3 aromatic rings. The van der Waals surface area contributed by atoms with Gasteiger partial charge in [0.1, 0.15) is 5.76 Å². The maximum absolute atomic E-state index is 12.5. The van der Waals surface area contributed by atoms with Crippen molar-refractivity contribution in [2.75, 3.05) is 13.7 Å². The van der Waals surface area contributed by atoms with Gasteiger partial charge in [0.2, 0.25) is 11.2 Å². The first-order chi connectivity index (χ1) is 14.5. The van der Waals surface area contributed by atoms with Crippen LogP contribution in [0.1, 0.15) is 40.5 Å². The monoisotopic (exact) mass is 425 g/mol. The SMILES string of the molecule is COC(=O)C[C@H](c1ccsc1)c1oc(CN2CCc3ccccc3C2)cc(=O)c1O. The third kappa shape index (κ3) is 4.32. The molecule has 0 aliphatic carbocycles. The van der Waals surface area contributed by atoms with Crippen molar-refractivity contribution in [1.82, 2.24) is 4.90 Å². The predicted octanol–water partition coefficient (Wildman–Crippen LogP) is 3.66. The van der Waals surface area contributed by atoms with Gasteiger partial charge in [-0.3, -0.25) is 14.5 Å². The number of thiophene rings is 1. The van der Waals surface area contributed by atoms with Gasteiger partial charge in [0, 0.05) is 19.2 Å². The molecule has 6 nitrogen and oxygen atoms in total. The van der Waals surface area contributed by atoms with Gasteiger partial charge >= 0.3 is 5.97 Å². The van der Waals surface area contributed by atoms with E-state index in [1.165, 1.54) is 35.6 Å². The summed E-state index contributed by atoms with van der Waals surface area (Å²) in [4.78, 5) is 26.7. The van der Waals surface area contributed by atoms with Gasteiger partial charge in [-0.25, -0.2) is 0 Å². The van der Waals surface area contributed by atoms with Crippen molar-refractivity contribution >= 4 is 17.3 Å². The van der Waals surface area contributed by atoms with Gasteiger partial charge in [0.15, 0.2) is 5.76 Å². The first kappa shape index (κ1) is 20.4. The lowest BCUT2D eigenvalue weighted by Crippen LogP contribution is -2.30. The number of methoxy groups -OCH3 is 1. The molecule has 1 aliphatic heterocycles. The van der Waals surface area contributed by atoms with E-state index in [-0.39, 0.29) is 12.2 Å². The molecule has 1 aromatic carbocycles. The number of nitrogens with zero attached hydrogens (tertiary/aromatic N) is 1. The number of benzene rings is 1. The minimum Gasteiger partial charge on any atom is -0.502 e. The number of carbonyl (C=O) groups excluding carboxylic acids is 1. The summed E-state index contributed by atoms with van der Waals surface area (Å²) in [7, 11) is 1.31. The van der Waals surface area contributed by atoms with E-state index < -0.39 is 23.1 Å². The highest BCUT2D eigenvalue weighted by molar-refractivity contribution is 7.08. The molecule has 7 heteroatoms. The highest BCUT2D eigenvalue weighted by Crippen LogP contribution is 2.34. The van der Waals surface area contributed by atoms with E-state index in [1.54, 1.807) is 0 Å². The molecular weight excluding hydrogens is 402 g/mol. The molecule has 0 bridgehead atoms. The Balaban J connectivity index is 1.63. The lowest BCUT2D eigenvalue weighted by Gasteiger charge is -2.28. The second-order valence-electron chi connectivity index (χ2n) is 7.41. The Hall–Kier alpha value is -2.90. The van der Waals surface area contributed by atoms with E-state index in [2.05, 4.69) is 17.0 Å². The van der Waals surface area contributed by atoms with Crippen LogP contribution in [0.25, 0.3) is 0 Å². The molecule has 4 rings (SSSR count). The molecular formula is C23H23NO5S. The van der Waals surface area contributed by atoms with Gasteiger partial charge in [-0.15, -0.1) is 0 Å². The van der Waals surface area contributed by atoms with E-state index in [9.17, 15) is 14.7 Å². The summed E-state index contributed by atoms with van der Waals surface area (Å²) >= 11 is 1.47. The molecule has 0 saturated carbocycles. The molecule has 1 aliphatic rings. The molecule has 0 fully saturated rings. The first-order valence-electron chi connectivity index (χ1n) is 9.79. The normalized spacial score (nSPS) is 14.8. The second-order valence-corrected chi connectivity index (χ2v) is 8.19. The van der Waals surface area contributed by atoms with Crippen molar-refractivity contribution in [1.29, 1.82) is 0 Å². The van der Waals surface area contributed by atoms with Crippen molar-refractivity contribution in [2.45, 2.75) is 31.8 Å². The van der Waals surface area contributed by atoms with Gasteiger partial charge in [-0.1, -0.05) is 24.3 Å². The van der Waals surface area contributed by atoms with Crippen LogP contribution in [0, 0.1) is 0 Å². The summed E-state index contributed by atoms with van der Waals surface area (Å²) in [6, 6.07) is 11.5. The third-order valence-corrected chi connectivity index (χ3v) is 6.15. The minimum atomic E-state index is -0.585. The van der Waals surface area contributed by atoms with Crippen molar-refractivity contribution in [3.8, 4) is 5.75 Å². The number of hydrogen-bond donors (Lipinski definition) is 1. The molecule has 3 heterocycles. The highest BCUT2D eigenvalue weighted by Gasteiger charge is 2.27. The molecule has 0 spiro atoms. The fourth-order valence-electron chi connectivity index (χ4n) is 3.86. The highest BCUT2D eigenvalue weighted by atomic mass is 32.1. The van der Waals surface area contributed by atoms with E-state index in [0.717, 1.165) is 25.1 Å². The maximum atomic E-state index is 12.5. The third-order valence-electron chi connectivity index (χ3n) is 5.45. The lowest BCUT2D eigenvalue weighted by atomic mass is 9.94. The zero-order chi connectivity index (χ0) is 21.1. The fourth-order valence-corrected chi connectivity index (χ4v) is 4.58. The van der Waals surface area contributed by atoms with E-state index >= 15 is 0 Å². The van der Waals surface area contributed by atoms with Crippen molar-refractivity contribution in [3.05, 3.63) is 85.6 Å². The zero-order valence-electron chi connectivity index (χ0n) is 16.7. The average Bonchev–Trinajstić information content (AvgIpc) is 3.29. The fraction of sp³-hybridized carbons (Fsp3) is 0.304. The largest absolute Gasteiger partial charge is 0.502 e. The molecule has 30 heavy (non-hydrogen) atoms. The molecule has 1 N–H and O–H groups in total. The molecule has 1 atom stereocenters. The first-order valence-corrected chi connectivity index (χ1v) is 10.7. The Morgan fingerprint density at radius 3 is 2.83 bits per heavy atom. The lowest BCUT2D eigenvalue weighted by molar-refractivity contribution is -0.140. The zero-order valence-corrected chi connectivity index (χ0v) is 17.5. The number of aromatic hydroxyl groups is 1. The van der Waals surface area contributed by atoms with Gasteiger partial charge in [0.25, 0.3) is 0 Å². The number of carbonyl (C=O) groups is 1. The predicted molar refractivity (Wildman–Crippen MR) is 114 cm³/mol. The van der Waals surface area contributed by atoms with Crippen molar-refractivity contribution in [2.24, 2.45) is 0 Å². The summed E-state index contributed by atoms with van der Waals surface area (Å²) in [5.74, 6) is -0.899. The van der Waals surface area contributed by atoms with Gasteiger partial charge in [0.05, 0.1) is 26.0 Å². The molecule has 2 aromatic heterocycles. The van der Waals surface area contributed by atoms with Crippen LogP contribution in [-0.4, -0.2) is 29.6 Å². The number of fused-ring (bicyclic) bond motifs is 1. The van der Waals surface area contributed by atoms with E-state index in [1.807, 2.05) is 29.0 Å². The maximum Gasteiger partial charge on any atom is 0.306 e. The average molecular weight is 426 g/mol. The van der Waals surface area contributed by atoms with Gasteiger partial charge < -0.3 is 14.3 Å². The number of esters is 1. The summed E-state index contributed by atoms with van der Waals surface area (Å²) in [5.41, 5.74) is 2.91. The number of rotatable bonds is 6. The topological polar surface area (TPSA) is 80.0 Å².